The highest BCUT2D eigenvalue weighted by molar-refractivity contribution is 5.43. The molecule has 128 valence electrons. The van der Waals surface area contributed by atoms with E-state index in [0.29, 0.717) is 12.6 Å². The second-order valence-corrected chi connectivity index (χ2v) is 5.92. The van der Waals surface area contributed by atoms with Crippen LogP contribution in [0.3, 0.4) is 0 Å². The SMILES string of the molecule is COc1cc(CNC2CCCOC2)ccc1OCc1ccncc1. The lowest BCUT2D eigenvalue weighted by molar-refractivity contribution is 0.0699. The van der Waals surface area contributed by atoms with Gasteiger partial charge in [0, 0.05) is 31.6 Å². The van der Waals surface area contributed by atoms with Crippen LogP contribution in [0.1, 0.15) is 24.0 Å². The molecule has 1 aliphatic rings. The van der Waals surface area contributed by atoms with E-state index in [9.17, 15) is 0 Å². The molecule has 1 atom stereocenters. The molecule has 2 aromatic rings. The molecule has 0 saturated carbocycles. The molecular weight excluding hydrogens is 304 g/mol. The number of ether oxygens (including phenoxy) is 3. The fraction of sp³-hybridized carbons (Fsp3) is 0.421. The van der Waals surface area contributed by atoms with Crippen LogP contribution in [0.4, 0.5) is 0 Å². The van der Waals surface area contributed by atoms with Crippen molar-refractivity contribution in [3.8, 4) is 11.5 Å². The fourth-order valence-corrected chi connectivity index (χ4v) is 2.75. The van der Waals surface area contributed by atoms with Crippen LogP contribution in [0, 0.1) is 0 Å². The summed E-state index contributed by atoms with van der Waals surface area (Å²) in [7, 11) is 1.67. The van der Waals surface area contributed by atoms with Crippen molar-refractivity contribution in [2.45, 2.75) is 32.0 Å². The van der Waals surface area contributed by atoms with Crippen LogP contribution in [-0.2, 0) is 17.9 Å². The average molecular weight is 328 g/mol. The van der Waals surface area contributed by atoms with Crippen LogP contribution in [-0.4, -0.2) is 31.3 Å². The molecule has 2 heterocycles. The number of nitrogens with zero attached hydrogens (tertiary/aromatic N) is 1. The molecule has 1 unspecified atom stereocenters. The number of methoxy groups -OCH3 is 1. The molecule has 0 radical (unpaired) electrons. The molecule has 1 aliphatic heterocycles. The van der Waals surface area contributed by atoms with Gasteiger partial charge in [0.2, 0.25) is 0 Å². The summed E-state index contributed by atoms with van der Waals surface area (Å²) in [6.45, 7) is 2.98. The van der Waals surface area contributed by atoms with Gasteiger partial charge in [-0.3, -0.25) is 4.98 Å². The molecule has 1 aromatic heterocycles. The summed E-state index contributed by atoms with van der Waals surface area (Å²) in [4.78, 5) is 4.01. The van der Waals surface area contributed by atoms with E-state index in [1.54, 1.807) is 19.5 Å². The summed E-state index contributed by atoms with van der Waals surface area (Å²) >= 11 is 0. The van der Waals surface area contributed by atoms with Gasteiger partial charge in [-0.15, -0.1) is 0 Å². The minimum absolute atomic E-state index is 0.437. The smallest absolute Gasteiger partial charge is 0.161 e. The molecule has 5 heteroatoms. The van der Waals surface area contributed by atoms with Crippen LogP contribution in [0.2, 0.25) is 0 Å². The van der Waals surface area contributed by atoms with Crippen molar-refractivity contribution < 1.29 is 14.2 Å². The topological polar surface area (TPSA) is 52.6 Å². The summed E-state index contributed by atoms with van der Waals surface area (Å²) in [5.41, 5.74) is 2.25. The maximum Gasteiger partial charge on any atom is 0.161 e. The van der Waals surface area contributed by atoms with Gasteiger partial charge in [-0.1, -0.05) is 6.07 Å². The molecule has 24 heavy (non-hydrogen) atoms. The standard InChI is InChI=1S/C19H24N2O3/c1-22-19-11-16(12-21-17-3-2-10-23-14-17)4-5-18(19)24-13-15-6-8-20-9-7-15/h4-9,11,17,21H,2-3,10,12-14H2,1H3. The van der Waals surface area contributed by atoms with Crippen molar-refractivity contribution in [3.05, 3.63) is 53.9 Å². The molecule has 1 saturated heterocycles. The quantitative estimate of drug-likeness (QED) is 0.847. The zero-order valence-corrected chi connectivity index (χ0v) is 14.0. The third kappa shape index (κ3) is 4.69. The lowest BCUT2D eigenvalue weighted by Crippen LogP contribution is -2.36. The third-order valence-electron chi connectivity index (χ3n) is 4.13. The fourth-order valence-electron chi connectivity index (χ4n) is 2.75. The second-order valence-electron chi connectivity index (χ2n) is 5.92. The first-order valence-corrected chi connectivity index (χ1v) is 8.35. The van der Waals surface area contributed by atoms with Gasteiger partial charge in [-0.2, -0.15) is 0 Å². The van der Waals surface area contributed by atoms with Gasteiger partial charge in [0.25, 0.3) is 0 Å². The summed E-state index contributed by atoms with van der Waals surface area (Å²) in [6.07, 6.45) is 5.83. The number of nitrogens with one attached hydrogen (secondary N) is 1. The zero-order valence-electron chi connectivity index (χ0n) is 14.0. The van der Waals surface area contributed by atoms with Gasteiger partial charge in [0.05, 0.1) is 13.7 Å². The van der Waals surface area contributed by atoms with E-state index in [1.165, 1.54) is 12.0 Å². The van der Waals surface area contributed by atoms with Crippen molar-refractivity contribution in [1.29, 1.82) is 0 Å². The lowest BCUT2D eigenvalue weighted by Gasteiger charge is -2.23. The van der Waals surface area contributed by atoms with Crippen LogP contribution in [0.15, 0.2) is 42.7 Å². The summed E-state index contributed by atoms with van der Waals surface area (Å²) in [6, 6.07) is 10.4. The number of hydrogen-bond acceptors (Lipinski definition) is 5. The van der Waals surface area contributed by atoms with E-state index in [1.807, 2.05) is 24.3 Å². The maximum atomic E-state index is 5.87. The highest BCUT2D eigenvalue weighted by Crippen LogP contribution is 2.29. The number of aromatic nitrogens is 1. The van der Waals surface area contributed by atoms with E-state index in [4.69, 9.17) is 14.2 Å². The number of benzene rings is 1. The van der Waals surface area contributed by atoms with Gasteiger partial charge in [0.1, 0.15) is 6.61 Å². The minimum Gasteiger partial charge on any atom is -0.493 e. The third-order valence-corrected chi connectivity index (χ3v) is 4.13. The Morgan fingerprint density at radius 1 is 1.17 bits per heavy atom. The molecular formula is C19H24N2O3. The predicted octanol–water partition coefficient (Wildman–Crippen LogP) is 2.94. The molecule has 1 N–H and O–H groups in total. The Kier molecular flexibility index (Phi) is 6.04. The Morgan fingerprint density at radius 2 is 2.04 bits per heavy atom. The first-order valence-electron chi connectivity index (χ1n) is 8.35. The van der Waals surface area contributed by atoms with E-state index < -0.39 is 0 Å². The average Bonchev–Trinajstić information content (AvgIpc) is 2.66. The Morgan fingerprint density at radius 3 is 2.79 bits per heavy atom. The van der Waals surface area contributed by atoms with Crippen LogP contribution in [0.25, 0.3) is 0 Å². The Balaban J connectivity index is 1.57. The van der Waals surface area contributed by atoms with Gasteiger partial charge in [-0.25, -0.2) is 0 Å². The van der Waals surface area contributed by atoms with Crippen LogP contribution < -0.4 is 14.8 Å². The lowest BCUT2D eigenvalue weighted by atomic mass is 10.1. The highest BCUT2D eigenvalue weighted by atomic mass is 16.5. The molecule has 1 fully saturated rings. The molecule has 0 amide bonds. The number of hydrogen-bond donors (Lipinski definition) is 1. The Bertz CT molecular complexity index is 628. The summed E-state index contributed by atoms with van der Waals surface area (Å²) < 4.78 is 16.8. The molecule has 5 nitrogen and oxygen atoms in total. The van der Waals surface area contributed by atoms with Crippen molar-refractivity contribution >= 4 is 0 Å². The minimum atomic E-state index is 0.437. The zero-order chi connectivity index (χ0) is 16.6. The van der Waals surface area contributed by atoms with Crippen LogP contribution in [0.5, 0.6) is 11.5 Å². The predicted molar refractivity (Wildman–Crippen MR) is 92.2 cm³/mol. The van der Waals surface area contributed by atoms with Crippen molar-refractivity contribution in [1.82, 2.24) is 10.3 Å². The van der Waals surface area contributed by atoms with E-state index >= 15 is 0 Å². The summed E-state index contributed by atoms with van der Waals surface area (Å²) in [5, 5.41) is 3.54. The Labute approximate surface area is 143 Å². The Hall–Kier alpha value is -2.11. The monoisotopic (exact) mass is 328 g/mol. The van der Waals surface area contributed by atoms with Gasteiger partial charge >= 0.3 is 0 Å². The number of pyridine rings is 1. The van der Waals surface area contributed by atoms with Gasteiger partial charge in [-0.05, 0) is 48.2 Å². The highest BCUT2D eigenvalue weighted by Gasteiger charge is 2.13. The second kappa shape index (κ2) is 8.66. The molecule has 3 rings (SSSR count). The molecule has 0 bridgehead atoms. The molecule has 0 aliphatic carbocycles. The number of rotatable bonds is 7. The maximum absolute atomic E-state index is 5.87. The van der Waals surface area contributed by atoms with Crippen LogP contribution >= 0.6 is 0 Å². The van der Waals surface area contributed by atoms with Gasteiger partial charge < -0.3 is 19.5 Å². The molecule has 1 aromatic carbocycles. The van der Waals surface area contributed by atoms with Crippen molar-refractivity contribution in [2.75, 3.05) is 20.3 Å². The largest absolute Gasteiger partial charge is 0.493 e. The van der Waals surface area contributed by atoms with Crippen molar-refractivity contribution in [3.63, 3.8) is 0 Å². The normalized spacial score (nSPS) is 17.5. The first-order chi connectivity index (χ1) is 11.8. The first kappa shape index (κ1) is 16.7. The van der Waals surface area contributed by atoms with E-state index in [0.717, 1.165) is 43.2 Å². The van der Waals surface area contributed by atoms with Gasteiger partial charge in [0.15, 0.2) is 11.5 Å². The summed E-state index contributed by atoms with van der Waals surface area (Å²) in [5.74, 6) is 1.50. The van der Waals surface area contributed by atoms with E-state index in [2.05, 4.69) is 16.4 Å². The van der Waals surface area contributed by atoms with Crippen molar-refractivity contribution in [2.24, 2.45) is 0 Å². The molecule has 0 spiro atoms. The van der Waals surface area contributed by atoms with E-state index in [-0.39, 0.29) is 0 Å².